The largest absolute Gasteiger partial charge is 0.497 e. The summed E-state index contributed by atoms with van der Waals surface area (Å²) in [6, 6.07) is 14.1. The Labute approximate surface area is 129 Å². The molecular weight excluding hydrogens is 290 g/mol. The van der Waals surface area contributed by atoms with Gasteiger partial charge in [0.05, 0.1) is 7.11 Å². The molecule has 0 amide bonds. The lowest BCUT2D eigenvalue weighted by Gasteiger charge is -2.13. The van der Waals surface area contributed by atoms with E-state index in [2.05, 4.69) is 6.07 Å². The number of hydrogen-bond donors (Lipinski definition) is 1. The minimum Gasteiger partial charge on any atom is -0.497 e. The number of ether oxygens (including phenoxy) is 1. The minimum absolute atomic E-state index is 0.0881. The fourth-order valence-electron chi connectivity index (χ4n) is 1.93. The highest BCUT2D eigenvalue weighted by Gasteiger charge is 2.10. The van der Waals surface area contributed by atoms with E-state index in [1.165, 1.54) is 0 Å². The normalized spacial score (nSPS) is 12.2. The molecule has 4 heteroatoms. The van der Waals surface area contributed by atoms with Gasteiger partial charge in [0.15, 0.2) is 0 Å². The maximum atomic E-state index is 6.30. The molecule has 1 unspecified atom stereocenters. The zero-order valence-corrected chi connectivity index (χ0v) is 13.2. The van der Waals surface area contributed by atoms with Crippen LogP contribution >= 0.6 is 23.4 Å². The molecule has 0 aliphatic carbocycles. The first-order valence-corrected chi connectivity index (χ1v) is 7.64. The second-order valence-corrected chi connectivity index (χ2v) is 6.20. The summed E-state index contributed by atoms with van der Waals surface area (Å²) >= 11 is 7.99. The van der Waals surface area contributed by atoms with E-state index in [0.29, 0.717) is 0 Å². The zero-order chi connectivity index (χ0) is 14.5. The summed E-state index contributed by atoms with van der Waals surface area (Å²) < 4.78 is 5.17. The van der Waals surface area contributed by atoms with Gasteiger partial charge in [-0.05, 0) is 55.3 Å². The number of nitrogens with two attached hydrogens (primary N) is 1. The molecule has 0 fully saturated rings. The van der Waals surface area contributed by atoms with Gasteiger partial charge in [0.2, 0.25) is 0 Å². The van der Waals surface area contributed by atoms with Crippen LogP contribution in [-0.2, 0) is 6.42 Å². The molecule has 0 aliphatic rings. The Hall–Kier alpha value is -1.16. The molecule has 0 saturated carbocycles. The molecule has 0 bridgehead atoms. The Bertz CT molecular complexity index is 569. The summed E-state index contributed by atoms with van der Waals surface area (Å²) in [4.78, 5) is 2.30. The van der Waals surface area contributed by atoms with Gasteiger partial charge in [-0.3, -0.25) is 0 Å². The Morgan fingerprint density at radius 3 is 2.50 bits per heavy atom. The van der Waals surface area contributed by atoms with E-state index in [9.17, 15) is 0 Å². The molecule has 2 N–H and O–H groups in total. The molecule has 0 aliphatic heterocycles. The lowest BCUT2D eigenvalue weighted by atomic mass is 10.1. The van der Waals surface area contributed by atoms with E-state index in [4.69, 9.17) is 22.1 Å². The van der Waals surface area contributed by atoms with Gasteiger partial charge in [-0.15, -0.1) is 0 Å². The highest BCUT2D eigenvalue weighted by atomic mass is 35.5. The third kappa shape index (κ3) is 3.92. The molecule has 1 atom stereocenters. The Kier molecular flexibility index (Phi) is 5.35. The van der Waals surface area contributed by atoms with Crippen LogP contribution in [0.25, 0.3) is 0 Å². The van der Waals surface area contributed by atoms with Crippen molar-refractivity contribution in [2.24, 2.45) is 5.73 Å². The summed E-state index contributed by atoms with van der Waals surface area (Å²) in [6.07, 6.45) is 0.776. The van der Waals surface area contributed by atoms with Gasteiger partial charge in [-0.1, -0.05) is 29.4 Å². The average Bonchev–Trinajstić information content (AvgIpc) is 2.43. The number of methoxy groups -OCH3 is 1. The number of benzene rings is 2. The van der Waals surface area contributed by atoms with Gasteiger partial charge >= 0.3 is 0 Å². The molecule has 2 nitrogen and oxygen atoms in total. The molecule has 0 radical (unpaired) electrons. The summed E-state index contributed by atoms with van der Waals surface area (Å²) in [7, 11) is 1.67. The molecule has 2 aromatic carbocycles. The third-order valence-corrected chi connectivity index (χ3v) is 4.35. The molecule has 0 spiro atoms. The van der Waals surface area contributed by atoms with Crippen molar-refractivity contribution in [3.8, 4) is 5.75 Å². The fraction of sp³-hybridized carbons (Fsp3) is 0.250. The second kappa shape index (κ2) is 7.02. The standard InChI is InChI=1S/C16H18ClNOS/c1-11(18)10-14-15(17)4-3-5-16(14)20-13-8-6-12(19-2)7-9-13/h3-9,11H,10,18H2,1-2H3. The minimum atomic E-state index is 0.0881. The maximum absolute atomic E-state index is 6.30. The number of hydrogen-bond acceptors (Lipinski definition) is 3. The van der Waals surface area contributed by atoms with Crippen molar-refractivity contribution in [2.75, 3.05) is 7.11 Å². The quantitative estimate of drug-likeness (QED) is 0.890. The van der Waals surface area contributed by atoms with Gasteiger partial charge in [0, 0.05) is 20.9 Å². The van der Waals surface area contributed by atoms with E-state index in [1.54, 1.807) is 18.9 Å². The smallest absolute Gasteiger partial charge is 0.118 e. The van der Waals surface area contributed by atoms with Crippen molar-refractivity contribution >= 4 is 23.4 Å². The van der Waals surface area contributed by atoms with E-state index >= 15 is 0 Å². The van der Waals surface area contributed by atoms with Gasteiger partial charge in [0.25, 0.3) is 0 Å². The van der Waals surface area contributed by atoms with Crippen molar-refractivity contribution in [3.63, 3.8) is 0 Å². The van der Waals surface area contributed by atoms with Gasteiger partial charge in [-0.25, -0.2) is 0 Å². The number of halogens is 1. The Morgan fingerprint density at radius 1 is 1.20 bits per heavy atom. The first-order chi connectivity index (χ1) is 9.60. The molecule has 2 rings (SSSR count). The van der Waals surface area contributed by atoms with Gasteiger partial charge in [0.1, 0.15) is 5.75 Å². The Balaban J connectivity index is 2.25. The van der Waals surface area contributed by atoms with Crippen LogP contribution in [0.5, 0.6) is 5.75 Å². The highest BCUT2D eigenvalue weighted by Crippen LogP contribution is 2.35. The molecule has 0 aromatic heterocycles. The molecule has 20 heavy (non-hydrogen) atoms. The highest BCUT2D eigenvalue weighted by molar-refractivity contribution is 7.99. The van der Waals surface area contributed by atoms with E-state index in [1.807, 2.05) is 43.3 Å². The molecule has 0 saturated heterocycles. The average molecular weight is 308 g/mol. The fourth-order valence-corrected chi connectivity index (χ4v) is 3.22. The van der Waals surface area contributed by atoms with Crippen LogP contribution in [0.2, 0.25) is 5.02 Å². The maximum Gasteiger partial charge on any atom is 0.118 e. The van der Waals surface area contributed by atoms with Gasteiger partial charge < -0.3 is 10.5 Å². The van der Waals surface area contributed by atoms with Crippen molar-refractivity contribution < 1.29 is 4.74 Å². The van der Waals surface area contributed by atoms with Crippen molar-refractivity contribution in [1.29, 1.82) is 0 Å². The predicted molar refractivity (Wildman–Crippen MR) is 85.9 cm³/mol. The SMILES string of the molecule is COc1ccc(Sc2cccc(Cl)c2CC(C)N)cc1. The summed E-state index contributed by atoms with van der Waals surface area (Å²) in [5.41, 5.74) is 7.02. The second-order valence-electron chi connectivity index (χ2n) is 4.68. The van der Waals surface area contributed by atoms with E-state index in [-0.39, 0.29) is 6.04 Å². The summed E-state index contributed by atoms with van der Waals surface area (Å²) in [5, 5.41) is 0.779. The molecule has 0 heterocycles. The topological polar surface area (TPSA) is 35.2 Å². The van der Waals surface area contributed by atoms with Crippen LogP contribution in [0.15, 0.2) is 52.3 Å². The van der Waals surface area contributed by atoms with E-state index < -0.39 is 0 Å². The van der Waals surface area contributed by atoms with Crippen LogP contribution in [0.1, 0.15) is 12.5 Å². The van der Waals surface area contributed by atoms with Crippen LogP contribution in [0, 0.1) is 0 Å². The summed E-state index contributed by atoms with van der Waals surface area (Å²) in [6.45, 7) is 1.99. The lowest BCUT2D eigenvalue weighted by Crippen LogP contribution is -2.18. The first-order valence-electron chi connectivity index (χ1n) is 6.45. The Morgan fingerprint density at radius 2 is 1.90 bits per heavy atom. The van der Waals surface area contributed by atoms with Gasteiger partial charge in [-0.2, -0.15) is 0 Å². The van der Waals surface area contributed by atoms with Crippen molar-refractivity contribution in [3.05, 3.63) is 53.1 Å². The van der Waals surface area contributed by atoms with Crippen LogP contribution in [0.4, 0.5) is 0 Å². The molecule has 2 aromatic rings. The lowest BCUT2D eigenvalue weighted by molar-refractivity contribution is 0.414. The number of rotatable bonds is 5. The first kappa shape index (κ1) is 15.2. The summed E-state index contributed by atoms with van der Waals surface area (Å²) in [5.74, 6) is 0.858. The zero-order valence-electron chi connectivity index (χ0n) is 11.6. The van der Waals surface area contributed by atoms with Crippen LogP contribution < -0.4 is 10.5 Å². The van der Waals surface area contributed by atoms with Crippen LogP contribution in [0.3, 0.4) is 0 Å². The van der Waals surface area contributed by atoms with E-state index in [0.717, 1.165) is 32.5 Å². The van der Waals surface area contributed by atoms with Crippen molar-refractivity contribution in [1.82, 2.24) is 0 Å². The van der Waals surface area contributed by atoms with Crippen LogP contribution in [-0.4, -0.2) is 13.2 Å². The predicted octanol–water partition coefficient (Wildman–Crippen LogP) is 4.39. The monoisotopic (exact) mass is 307 g/mol. The molecule has 106 valence electrons. The molecular formula is C16H18ClNOS. The third-order valence-electron chi connectivity index (χ3n) is 2.89. The van der Waals surface area contributed by atoms with Crippen molar-refractivity contribution in [2.45, 2.75) is 29.2 Å².